The molecule has 0 aliphatic heterocycles. The zero-order chi connectivity index (χ0) is 13.5. The molecule has 0 N–H and O–H groups in total. The minimum atomic E-state index is -0.159. The molecule has 0 radical (unpaired) electrons. The van der Waals surface area contributed by atoms with Crippen molar-refractivity contribution in [2.75, 3.05) is 19.0 Å². The van der Waals surface area contributed by atoms with Crippen molar-refractivity contribution in [2.45, 2.75) is 25.2 Å². The van der Waals surface area contributed by atoms with Crippen LogP contribution in [0.25, 0.3) is 10.9 Å². The minimum absolute atomic E-state index is 0.159. The number of benzene rings is 1. The third-order valence-corrected chi connectivity index (χ3v) is 3.61. The summed E-state index contributed by atoms with van der Waals surface area (Å²) >= 11 is 1.66. The van der Waals surface area contributed by atoms with Crippen LogP contribution in [0.15, 0.2) is 41.4 Å². The molecule has 0 fully saturated rings. The minimum Gasteiger partial charge on any atom is -0.352 e. The highest BCUT2D eigenvalue weighted by molar-refractivity contribution is 7.99. The van der Waals surface area contributed by atoms with Crippen LogP contribution in [0.5, 0.6) is 0 Å². The Labute approximate surface area is 118 Å². The number of rotatable bonds is 7. The number of para-hydroxylation sites is 1. The molecule has 1 aromatic carbocycles. The molecule has 0 saturated heterocycles. The van der Waals surface area contributed by atoms with Crippen molar-refractivity contribution in [2.24, 2.45) is 0 Å². The van der Waals surface area contributed by atoms with Gasteiger partial charge in [-0.25, -0.2) is 4.98 Å². The van der Waals surface area contributed by atoms with E-state index in [1.807, 2.05) is 38.1 Å². The van der Waals surface area contributed by atoms with Gasteiger partial charge in [0.1, 0.15) is 0 Å². The molecule has 102 valence electrons. The molecule has 0 aliphatic rings. The van der Waals surface area contributed by atoms with E-state index in [0.29, 0.717) is 13.2 Å². The van der Waals surface area contributed by atoms with E-state index in [-0.39, 0.29) is 6.29 Å². The molecule has 3 nitrogen and oxygen atoms in total. The second-order valence-electron chi connectivity index (χ2n) is 3.99. The summed E-state index contributed by atoms with van der Waals surface area (Å²) in [4.78, 5) is 4.62. The molecule has 0 aliphatic carbocycles. The SMILES string of the molecule is CCOC(CSc1ccc2ccccc2n1)OCC. The monoisotopic (exact) mass is 277 g/mol. The van der Waals surface area contributed by atoms with Gasteiger partial charge in [-0.15, -0.1) is 11.8 Å². The predicted octanol–water partition coefficient (Wildman–Crippen LogP) is 3.73. The molecule has 0 spiro atoms. The Bertz CT molecular complexity index is 512. The first-order chi connectivity index (χ1) is 9.33. The highest BCUT2D eigenvalue weighted by Crippen LogP contribution is 2.21. The molecule has 19 heavy (non-hydrogen) atoms. The molecule has 1 aromatic heterocycles. The maximum Gasteiger partial charge on any atom is 0.166 e. The Hall–Kier alpha value is -1.10. The first kappa shape index (κ1) is 14.3. The Morgan fingerprint density at radius 2 is 1.79 bits per heavy atom. The van der Waals surface area contributed by atoms with Crippen molar-refractivity contribution >= 4 is 22.7 Å². The number of aromatic nitrogens is 1. The van der Waals surface area contributed by atoms with Crippen LogP contribution < -0.4 is 0 Å². The van der Waals surface area contributed by atoms with Crippen LogP contribution in [-0.2, 0) is 9.47 Å². The predicted molar refractivity (Wildman–Crippen MR) is 79.5 cm³/mol. The summed E-state index contributed by atoms with van der Waals surface area (Å²) in [7, 11) is 0. The number of hydrogen-bond donors (Lipinski definition) is 0. The fraction of sp³-hybridized carbons (Fsp3) is 0.400. The Morgan fingerprint density at radius 1 is 1.05 bits per heavy atom. The zero-order valence-electron chi connectivity index (χ0n) is 11.3. The first-order valence-corrected chi connectivity index (χ1v) is 7.53. The largest absolute Gasteiger partial charge is 0.352 e. The van der Waals surface area contributed by atoms with E-state index >= 15 is 0 Å². The van der Waals surface area contributed by atoms with Crippen molar-refractivity contribution < 1.29 is 9.47 Å². The molecular weight excluding hydrogens is 258 g/mol. The third-order valence-electron chi connectivity index (χ3n) is 2.65. The van der Waals surface area contributed by atoms with Crippen LogP contribution in [0.2, 0.25) is 0 Å². The molecule has 0 amide bonds. The summed E-state index contributed by atoms with van der Waals surface area (Å²) in [6, 6.07) is 12.3. The Kier molecular flexibility index (Phi) is 5.63. The molecule has 4 heteroatoms. The van der Waals surface area contributed by atoms with Gasteiger partial charge in [-0.1, -0.05) is 24.3 Å². The lowest BCUT2D eigenvalue weighted by atomic mass is 10.2. The van der Waals surface area contributed by atoms with Gasteiger partial charge in [0.25, 0.3) is 0 Å². The van der Waals surface area contributed by atoms with Gasteiger partial charge in [-0.2, -0.15) is 0 Å². The molecule has 0 unspecified atom stereocenters. The molecule has 0 atom stereocenters. The lowest BCUT2D eigenvalue weighted by Gasteiger charge is -2.16. The van der Waals surface area contributed by atoms with Gasteiger partial charge in [0.2, 0.25) is 0 Å². The average molecular weight is 277 g/mol. The number of fused-ring (bicyclic) bond motifs is 1. The zero-order valence-corrected chi connectivity index (χ0v) is 12.2. The third kappa shape index (κ3) is 4.20. The van der Waals surface area contributed by atoms with Crippen molar-refractivity contribution in [3.05, 3.63) is 36.4 Å². The second kappa shape index (κ2) is 7.48. The Balaban J connectivity index is 2.00. The van der Waals surface area contributed by atoms with Crippen LogP contribution in [0.4, 0.5) is 0 Å². The molecule has 0 saturated carbocycles. The van der Waals surface area contributed by atoms with Gasteiger partial charge in [-0.3, -0.25) is 0 Å². The summed E-state index contributed by atoms with van der Waals surface area (Å²) in [5, 5.41) is 2.17. The van der Waals surface area contributed by atoms with Gasteiger partial charge in [0, 0.05) is 18.6 Å². The summed E-state index contributed by atoms with van der Waals surface area (Å²) in [6.45, 7) is 5.28. The molecule has 1 heterocycles. The molecule has 0 bridgehead atoms. The van der Waals surface area contributed by atoms with E-state index in [9.17, 15) is 0 Å². The quantitative estimate of drug-likeness (QED) is 0.570. The van der Waals surface area contributed by atoms with Crippen LogP contribution in [0, 0.1) is 0 Å². The number of pyridine rings is 1. The van der Waals surface area contributed by atoms with E-state index in [4.69, 9.17) is 9.47 Å². The first-order valence-electron chi connectivity index (χ1n) is 6.55. The van der Waals surface area contributed by atoms with Gasteiger partial charge < -0.3 is 9.47 Å². The molecule has 2 rings (SSSR count). The normalized spacial score (nSPS) is 11.3. The van der Waals surface area contributed by atoms with Gasteiger partial charge in [0.05, 0.1) is 16.3 Å². The van der Waals surface area contributed by atoms with Crippen LogP contribution in [0.1, 0.15) is 13.8 Å². The number of ether oxygens (including phenoxy) is 2. The topological polar surface area (TPSA) is 31.4 Å². The number of thioether (sulfide) groups is 1. The van der Waals surface area contributed by atoms with Crippen molar-refractivity contribution in [3.8, 4) is 0 Å². The fourth-order valence-electron chi connectivity index (χ4n) is 1.80. The van der Waals surface area contributed by atoms with Gasteiger partial charge >= 0.3 is 0 Å². The maximum absolute atomic E-state index is 5.52. The van der Waals surface area contributed by atoms with Gasteiger partial charge in [0.15, 0.2) is 6.29 Å². The van der Waals surface area contributed by atoms with Crippen LogP contribution >= 0.6 is 11.8 Å². The van der Waals surface area contributed by atoms with E-state index in [2.05, 4.69) is 17.1 Å². The molecule has 2 aromatic rings. The summed E-state index contributed by atoms with van der Waals surface area (Å²) in [6.07, 6.45) is -0.159. The maximum atomic E-state index is 5.52. The number of hydrogen-bond acceptors (Lipinski definition) is 4. The van der Waals surface area contributed by atoms with Gasteiger partial charge in [-0.05, 0) is 26.0 Å². The van der Waals surface area contributed by atoms with Crippen molar-refractivity contribution in [3.63, 3.8) is 0 Å². The van der Waals surface area contributed by atoms with Crippen LogP contribution in [0.3, 0.4) is 0 Å². The Morgan fingerprint density at radius 3 is 2.53 bits per heavy atom. The molecular formula is C15H19NO2S. The second-order valence-corrected chi connectivity index (χ2v) is 5.03. The fourth-order valence-corrected chi connectivity index (χ4v) is 2.62. The highest BCUT2D eigenvalue weighted by Gasteiger charge is 2.09. The van der Waals surface area contributed by atoms with Crippen LogP contribution in [-0.4, -0.2) is 30.2 Å². The van der Waals surface area contributed by atoms with E-state index in [0.717, 1.165) is 21.7 Å². The van der Waals surface area contributed by atoms with E-state index in [1.54, 1.807) is 11.8 Å². The number of nitrogens with zero attached hydrogens (tertiary/aromatic N) is 1. The lowest BCUT2D eigenvalue weighted by molar-refractivity contribution is -0.120. The van der Waals surface area contributed by atoms with Crippen molar-refractivity contribution in [1.29, 1.82) is 0 Å². The van der Waals surface area contributed by atoms with E-state index in [1.165, 1.54) is 0 Å². The summed E-state index contributed by atoms with van der Waals surface area (Å²) in [5.41, 5.74) is 1.02. The summed E-state index contributed by atoms with van der Waals surface area (Å²) in [5.74, 6) is 0.757. The lowest BCUT2D eigenvalue weighted by Crippen LogP contribution is -2.20. The highest BCUT2D eigenvalue weighted by atomic mass is 32.2. The van der Waals surface area contributed by atoms with E-state index < -0.39 is 0 Å². The smallest absolute Gasteiger partial charge is 0.166 e. The standard InChI is InChI=1S/C15H19NO2S/c1-3-17-15(18-4-2)11-19-14-10-9-12-7-5-6-8-13(12)16-14/h5-10,15H,3-4,11H2,1-2H3. The average Bonchev–Trinajstić information content (AvgIpc) is 2.45. The summed E-state index contributed by atoms with van der Waals surface area (Å²) < 4.78 is 11.0. The van der Waals surface area contributed by atoms with Crippen molar-refractivity contribution in [1.82, 2.24) is 4.98 Å².